The molecule has 31 heavy (non-hydrogen) atoms. The number of nitrogens with one attached hydrogen (secondary N) is 1. The molecule has 8 heteroatoms. The van der Waals surface area contributed by atoms with Crippen molar-refractivity contribution in [3.8, 4) is 17.7 Å². The van der Waals surface area contributed by atoms with E-state index in [-0.39, 0.29) is 17.5 Å². The Morgan fingerprint density at radius 3 is 2.74 bits per heavy atom. The first kappa shape index (κ1) is 21.1. The Morgan fingerprint density at radius 2 is 2.03 bits per heavy atom. The van der Waals surface area contributed by atoms with Gasteiger partial charge in [0.1, 0.15) is 6.07 Å². The summed E-state index contributed by atoms with van der Waals surface area (Å²) in [5, 5.41) is 12.5. The van der Waals surface area contributed by atoms with Crippen LogP contribution < -0.4 is 10.2 Å². The average molecular weight is 437 g/mol. The van der Waals surface area contributed by atoms with Crippen molar-refractivity contribution in [3.63, 3.8) is 0 Å². The number of furan rings is 1. The van der Waals surface area contributed by atoms with Crippen LogP contribution in [0.3, 0.4) is 0 Å². The van der Waals surface area contributed by atoms with E-state index in [9.17, 15) is 10.1 Å². The van der Waals surface area contributed by atoms with Gasteiger partial charge in [0, 0.05) is 37.1 Å². The molecule has 0 bridgehead atoms. The second-order valence-corrected chi connectivity index (χ2v) is 8.46. The summed E-state index contributed by atoms with van der Waals surface area (Å²) < 4.78 is 11.1. The van der Waals surface area contributed by atoms with Crippen LogP contribution in [0.1, 0.15) is 24.1 Å². The minimum atomic E-state index is -0.0200. The van der Waals surface area contributed by atoms with Crippen LogP contribution in [-0.4, -0.2) is 36.3 Å². The van der Waals surface area contributed by atoms with Crippen LogP contribution in [0.2, 0.25) is 0 Å². The molecule has 0 radical (unpaired) electrons. The van der Waals surface area contributed by atoms with Gasteiger partial charge in [-0.25, -0.2) is 0 Å². The van der Waals surface area contributed by atoms with Crippen LogP contribution in [0.5, 0.6) is 0 Å². The van der Waals surface area contributed by atoms with E-state index in [2.05, 4.69) is 28.5 Å². The number of thioether (sulfide) groups is 1. The molecule has 3 aromatic rings. The molecule has 7 nitrogen and oxygen atoms in total. The van der Waals surface area contributed by atoms with Crippen LogP contribution in [0, 0.1) is 17.2 Å². The third-order valence-electron chi connectivity index (χ3n) is 5.26. The maximum atomic E-state index is 12.5. The number of aromatic nitrogens is 1. The second kappa shape index (κ2) is 10.2. The monoisotopic (exact) mass is 436 g/mol. The number of nitrogens with zero attached hydrogens (tertiary/aromatic N) is 3. The summed E-state index contributed by atoms with van der Waals surface area (Å²) >= 11 is 1.82. The van der Waals surface area contributed by atoms with E-state index in [1.165, 1.54) is 11.8 Å². The molecule has 3 heterocycles. The molecule has 1 saturated heterocycles. The number of hydrogen-bond donors (Lipinski definition) is 1. The van der Waals surface area contributed by atoms with Gasteiger partial charge < -0.3 is 19.1 Å². The van der Waals surface area contributed by atoms with E-state index in [0.717, 1.165) is 11.5 Å². The maximum Gasteiger partial charge on any atom is 0.266 e. The Bertz CT molecular complexity index is 1020. The first-order valence-corrected chi connectivity index (χ1v) is 11.5. The van der Waals surface area contributed by atoms with Gasteiger partial charge in [0.2, 0.25) is 17.5 Å². The van der Waals surface area contributed by atoms with Gasteiger partial charge >= 0.3 is 0 Å². The van der Waals surface area contributed by atoms with E-state index in [1.807, 2.05) is 34.9 Å². The average Bonchev–Trinajstić information content (AvgIpc) is 3.49. The molecule has 1 fully saturated rings. The molecule has 4 rings (SSSR count). The fourth-order valence-corrected chi connectivity index (χ4v) is 4.42. The van der Waals surface area contributed by atoms with Crippen molar-refractivity contribution in [3.05, 3.63) is 60.0 Å². The zero-order chi connectivity index (χ0) is 21.5. The van der Waals surface area contributed by atoms with Gasteiger partial charge in [0.15, 0.2) is 5.76 Å². The Hall–Kier alpha value is -3.18. The number of piperidine rings is 1. The molecule has 0 aliphatic carbocycles. The third-order valence-corrected chi connectivity index (χ3v) is 6.29. The summed E-state index contributed by atoms with van der Waals surface area (Å²) in [4.78, 5) is 18.7. The van der Waals surface area contributed by atoms with Gasteiger partial charge in [-0.05, 0) is 30.5 Å². The molecule has 0 unspecified atom stereocenters. The molecule has 0 saturated carbocycles. The number of nitriles is 1. The quantitative estimate of drug-likeness (QED) is 0.532. The Labute approximate surface area is 185 Å². The second-order valence-electron chi connectivity index (χ2n) is 7.35. The fourth-order valence-electron chi connectivity index (χ4n) is 3.60. The minimum absolute atomic E-state index is 0.0200. The number of rotatable bonds is 8. The van der Waals surface area contributed by atoms with Gasteiger partial charge in [0.25, 0.3) is 5.89 Å². The highest BCUT2D eigenvalue weighted by Crippen LogP contribution is 2.31. The van der Waals surface area contributed by atoms with Crippen molar-refractivity contribution in [2.24, 2.45) is 5.92 Å². The van der Waals surface area contributed by atoms with Crippen LogP contribution in [0.25, 0.3) is 11.7 Å². The number of benzene rings is 1. The largest absolute Gasteiger partial charge is 0.459 e. The molecule has 2 aromatic heterocycles. The van der Waals surface area contributed by atoms with Crippen LogP contribution in [0.4, 0.5) is 5.88 Å². The van der Waals surface area contributed by atoms with Gasteiger partial charge in [-0.1, -0.05) is 30.3 Å². The normalized spacial score (nSPS) is 14.4. The highest BCUT2D eigenvalue weighted by atomic mass is 32.2. The van der Waals surface area contributed by atoms with Crippen molar-refractivity contribution >= 4 is 23.6 Å². The number of hydrogen-bond acceptors (Lipinski definition) is 7. The smallest absolute Gasteiger partial charge is 0.266 e. The van der Waals surface area contributed by atoms with Gasteiger partial charge in [-0.15, -0.1) is 0 Å². The van der Waals surface area contributed by atoms with Gasteiger partial charge in [-0.3, -0.25) is 4.79 Å². The lowest BCUT2D eigenvalue weighted by Gasteiger charge is -2.30. The first-order valence-electron chi connectivity index (χ1n) is 10.3. The van der Waals surface area contributed by atoms with Crippen molar-refractivity contribution in [1.29, 1.82) is 5.26 Å². The predicted molar refractivity (Wildman–Crippen MR) is 119 cm³/mol. The standard InChI is InChI=1S/C23H24N4O3S/c24-15-19-23(30-22(26-19)20-7-4-13-29-20)27-11-8-18(9-12-27)21(28)25-10-14-31-16-17-5-2-1-3-6-17/h1-7,13,18H,8-12,14,16H2,(H,25,28). The Kier molecular flexibility index (Phi) is 6.95. The minimum Gasteiger partial charge on any atom is -0.459 e. The zero-order valence-corrected chi connectivity index (χ0v) is 17.9. The van der Waals surface area contributed by atoms with Gasteiger partial charge in [-0.2, -0.15) is 22.0 Å². The summed E-state index contributed by atoms with van der Waals surface area (Å²) in [6.07, 6.45) is 2.96. The molecule has 1 N–H and O–H groups in total. The number of amides is 1. The maximum absolute atomic E-state index is 12.5. The van der Waals surface area contributed by atoms with Crippen molar-refractivity contribution in [2.45, 2.75) is 18.6 Å². The number of anilines is 1. The fraction of sp³-hybridized carbons (Fsp3) is 0.348. The summed E-state index contributed by atoms with van der Waals surface area (Å²) in [7, 11) is 0. The van der Waals surface area contributed by atoms with Crippen molar-refractivity contribution in [2.75, 3.05) is 30.3 Å². The molecule has 1 amide bonds. The van der Waals surface area contributed by atoms with E-state index >= 15 is 0 Å². The third kappa shape index (κ3) is 5.30. The molecule has 0 spiro atoms. The molecule has 0 atom stereocenters. The van der Waals surface area contributed by atoms with E-state index in [1.54, 1.807) is 12.1 Å². The number of oxazole rings is 1. The molecular weight excluding hydrogens is 412 g/mol. The first-order chi connectivity index (χ1) is 15.2. The molecule has 1 aromatic carbocycles. The highest BCUT2D eigenvalue weighted by molar-refractivity contribution is 7.98. The SMILES string of the molecule is N#Cc1nc(-c2ccco2)oc1N1CCC(C(=O)NCCSCc2ccccc2)CC1. The van der Waals surface area contributed by atoms with Gasteiger partial charge in [0.05, 0.1) is 6.26 Å². The summed E-state index contributed by atoms with van der Waals surface area (Å²) in [5.74, 6) is 3.16. The number of carbonyl (C=O) groups is 1. The van der Waals surface area contributed by atoms with Crippen LogP contribution in [0.15, 0.2) is 57.6 Å². The van der Waals surface area contributed by atoms with E-state index < -0.39 is 0 Å². The summed E-state index contributed by atoms with van der Waals surface area (Å²) in [6.45, 7) is 1.95. The van der Waals surface area contributed by atoms with Crippen LogP contribution in [-0.2, 0) is 10.5 Å². The topological polar surface area (TPSA) is 95.3 Å². The predicted octanol–water partition coefficient (Wildman–Crippen LogP) is 4.07. The molecule has 1 aliphatic heterocycles. The molecule has 1 aliphatic rings. The zero-order valence-electron chi connectivity index (χ0n) is 17.1. The van der Waals surface area contributed by atoms with E-state index in [0.29, 0.717) is 50.0 Å². The Balaban J connectivity index is 1.22. The lowest BCUT2D eigenvalue weighted by molar-refractivity contribution is -0.125. The summed E-state index contributed by atoms with van der Waals surface area (Å²) in [6, 6.07) is 15.9. The van der Waals surface area contributed by atoms with Crippen molar-refractivity contribution < 1.29 is 13.6 Å². The summed E-state index contributed by atoms with van der Waals surface area (Å²) in [5.41, 5.74) is 1.54. The molecule has 160 valence electrons. The van der Waals surface area contributed by atoms with Crippen LogP contribution >= 0.6 is 11.8 Å². The highest BCUT2D eigenvalue weighted by Gasteiger charge is 2.29. The van der Waals surface area contributed by atoms with Crippen molar-refractivity contribution in [1.82, 2.24) is 10.3 Å². The Morgan fingerprint density at radius 1 is 1.23 bits per heavy atom. The van der Waals surface area contributed by atoms with E-state index in [4.69, 9.17) is 8.83 Å². The number of carbonyl (C=O) groups excluding carboxylic acids is 1. The lowest BCUT2D eigenvalue weighted by atomic mass is 9.96. The lowest BCUT2D eigenvalue weighted by Crippen LogP contribution is -2.41. The molecular formula is C23H24N4O3S.